The lowest BCUT2D eigenvalue weighted by Gasteiger charge is -2.19. The normalized spacial score (nSPS) is 11.1. The summed E-state index contributed by atoms with van der Waals surface area (Å²) in [5.74, 6) is 0.308. The van der Waals surface area contributed by atoms with Crippen LogP contribution in [-0.4, -0.2) is 35.6 Å². The van der Waals surface area contributed by atoms with E-state index in [-0.39, 0.29) is 24.8 Å². The summed E-state index contributed by atoms with van der Waals surface area (Å²) in [4.78, 5) is 28.7. The molecule has 8 heteroatoms. The fourth-order valence-corrected chi connectivity index (χ4v) is 3.07. The van der Waals surface area contributed by atoms with Crippen LogP contribution in [0.4, 0.5) is 4.79 Å². The van der Waals surface area contributed by atoms with Gasteiger partial charge in [-0.25, -0.2) is 9.78 Å². The Morgan fingerprint density at radius 2 is 2.04 bits per heavy atom. The molecule has 0 spiro atoms. The Kier molecular flexibility index (Phi) is 6.61. The van der Waals surface area contributed by atoms with Crippen LogP contribution in [-0.2, 0) is 4.74 Å². The summed E-state index contributed by atoms with van der Waals surface area (Å²) < 4.78 is 10.6. The lowest BCUT2D eigenvalue weighted by molar-refractivity contribution is 0.0519. The molecule has 2 aromatic rings. The van der Waals surface area contributed by atoms with E-state index < -0.39 is 11.7 Å². The van der Waals surface area contributed by atoms with Gasteiger partial charge in [0.15, 0.2) is 5.78 Å². The zero-order valence-electron chi connectivity index (χ0n) is 15.1. The summed E-state index contributed by atoms with van der Waals surface area (Å²) in [6, 6.07) is 5.38. The molecule has 0 unspecified atom stereocenters. The van der Waals surface area contributed by atoms with Gasteiger partial charge >= 0.3 is 6.09 Å². The molecule has 0 saturated carbocycles. The van der Waals surface area contributed by atoms with Crippen molar-refractivity contribution in [1.29, 1.82) is 0 Å². The predicted octanol–water partition coefficient (Wildman–Crippen LogP) is 4.57. The molecule has 0 aliphatic carbocycles. The molecular formula is C18H21ClN2O4S. The fourth-order valence-electron chi connectivity index (χ4n) is 1.96. The van der Waals surface area contributed by atoms with E-state index in [2.05, 4.69) is 10.3 Å². The molecule has 6 nitrogen and oxygen atoms in total. The highest BCUT2D eigenvalue weighted by atomic mass is 35.5. The van der Waals surface area contributed by atoms with Gasteiger partial charge in [0, 0.05) is 16.6 Å². The van der Waals surface area contributed by atoms with Gasteiger partial charge in [0.1, 0.15) is 17.2 Å². The third kappa shape index (κ3) is 6.00. The molecule has 140 valence electrons. The van der Waals surface area contributed by atoms with Gasteiger partial charge < -0.3 is 14.8 Å². The topological polar surface area (TPSA) is 77.5 Å². The van der Waals surface area contributed by atoms with Gasteiger partial charge in [0.25, 0.3) is 0 Å². The summed E-state index contributed by atoms with van der Waals surface area (Å²) in [5.41, 5.74) is 0.266. The molecule has 2 aromatic heterocycles. The van der Waals surface area contributed by atoms with Crippen molar-refractivity contribution in [2.75, 3.05) is 13.2 Å². The average Bonchev–Trinajstić information content (AvgIpc) is 3.01. The molecule has 2 rings (SSSR count). The molecule has 1 N–H and O–H groups in total. The van der Waals surface area contributed by atoms with E-state index in [1.54, 1.807) is 39.1 Å². The number of hydrogen-bond donors (Lipinski definition) is 1. The number of ketones is 1. The van der Waals surface area contributed by atoms with Crippen molar-refractivity contribution in [3.05, 3.63) is 34.3 Å². The third-order valence-corrected chi connectivity index (χ3v) is 4.56. The number of amides is 1. The Morgan fingerprint density at radius 3 is 2.62 bits per heavy atom. The number of rotatable bonds is 6. The van der Waals surface area contributed by atoms with Crippen molar-refractivity contribution in [2.45, 2.75) is 33.3 Å². The number of Topliss-reactive ketones (excluding diaryl/α,β-unsaturated/α-hetero) is 1. The number of carbonyl (C=O) groups excluding carboxylic acids is 2. The molecule has 0 aliphatic heterocycles. The first kappa shape index (κ1) is 20.2. The van der Waals surface area contributed by atoms with Crippen molar-refractivity contribution in [1.82, 2.24) is 10.3 Å². The Morgan fingerprint density at radius 1 is 1.31 bits per heavy atom. The number of aromatic nitrogens is 1. The summed E-state index contributed by atoms with van der Waals surface area (Å²) in [7, 11) is 0. The smallest absolute Gasteiger partial charge is 0.407 e. The predicted molar refractivity (Wildman–Crippen MR) is 102 cm³/mol. The maximum absolute atomic E-state index is 11.5. The van der Waals surface area contributed by atoms with E-state index in [9.17, 15) is 9.59 Å². The minimum absolute atomic E-state index is 0.0257. The van der Waals surface area contributed by atoms with Crippen LogP contribution in [0.1, 0.15) is 37.4 Å². The molecule has 0 aromatic carbocycles. The number of nitrogens with zero attached hydrogens (tertiary/aromatic N) is 1. The van der Waals surface area contributed by atoms with Crippen LogP contribution in [0, 0.1) is 0 Å². The van der Waals surface area contributed by atoms with Gasteiger partial charge in [-0.2, -0.15) is 0 Å². The lowest BCUT2D eigenvalue weighted by Crippen LogP contribution is -2.34. The van der Waals surface area contributed by atoms with Crippen molar-refractivity contribution in [3.8, 4) is 16.3 Å². The Hall–Kier alpha value is -2.12. The van der Waals surface area contributed by atoms with Crippen LogP contribution in [0.25, 0.3) is 10.4 Å². The van der Waals surface area contributed by atoms with Crippen LogP contribution in [0.15, 0.2) is 24.4 Å². The Labute approximate surface area is 161 Å². The van der Waals surface area contributed by atoms with Gasteiger partial charge in [0.05, 0.1) is 11.4 Å². The van der Waals surface area contributed by atoms with E-state index in [1.165, 1.54) is 18.3 Å². The fraction of sp³-hybridized carbons (Fsp3) is 0.389. The number of halogens is 1. The van der Waals surface area contributed by atoms with Gasteiger partial charge in [-0.05, 0) is 45.9 Å². The maximum Gasteiger partial charge on any atom is 0.407 e. The summed E-state index contributed by atoms with van der Waals surface area (Å²) in [5, 5.41) is 2.95. The van der Waals surface area contributed by atoms with E-state index in [0.29, 0.717) is 9.90 Å². The van der Waals surface area contributed by atoms with Crippen LogP contribution < -0.4 is 10.1 Å². The van der Waals surface area contributed by atoms with Crippen molar-refractivity contribution in [2.24, 2.45) is 0 Å². The standard InChI is InChI=1S/C18H21ClN2O4S/c1-11(22)14-5-6-15(26-14)12-9-13(19)16(21-10-12)24-8-7-20-17(23)25-18(2,3)4/h5-6,9-10H,7-8H2,1-4H3,(H,20,23). The van der Waals surface area contributed by atoms with Crippen LogP contribution in [0.3, 0.4) is 0 Å². The second-order valence-electron chi connectivity index (χ2n) is 6.51. The highest BCUT2D eigenvalue weighted by Gasteiger charge is 2.15. The van der Waals surface area contributed by atoms with Gasteiger partial charge in [-0.1, -0.05) is 11.6 Å². The van der Waals surface area contributed by atoms with Gasteiger partial charge in [-0.15, -0.1) is 11.3 Å². The van der Waals surface area contributed by atoms with Crippen molar-refractivity contribution in [3.63, 3.8) is 0 Å². The van der Waals surface area contributed by atoms with E-state index >= 15 is 0 Å². The summed E-state index contributed by atoms with van der Waals surface area (Å²) in [6.45, 7) is 7.38. The van der Waals surface area contributed by atoms with Crippen LogP contribution >= 0.6 is 22.9 Å². The molecule has 2 heterocycles. The van der Waals surface area contributed by atoms with Gasteiger partial charge in [-0.3, -0.25) is 4.79 Å². The van der Waals surface area contributed by atoms with E-state index in [4.69, 9.17) is 21.1 Å². The summed E-state index contributed by atoms with van der Waals surface area (Å²) in [6.07, 6.45) is 1.13. The lowest BCUT2D eigenvalue weighted by atomic mass is 10.2. The Balaban J connectivity index is 1.89. The number of carbonyl (C=O) groups is 2. The second-order valence-corrected chi connectivity index (χ2v) is 8.00. The SMILES string of the molecule is CC(=O)c1ccc(-c2cnc(OCCNC(=O)OC(C)(C)C)c(Cl)c2)s1. The number of nitrogens with one attached hydrogen (secondary N) is 1. The quantitative estimate of drug-likeness (QED) is 0.571. The van der Waals surface area contributed by atoms with Crippen molar-refractivity contribution >= 4 is 34.8 Å². The highest BCUT2D eigenvalue weighted by molar-refractivity contribution is 7.17. The molecule has 0 aliphatic rings. The third-order valence-electron chi connectivity index (χ3n) is 3.05. The summed E-state index contributed by atoms with van der Waals surface area (Å²) >= 11 is 7.60. The first-order valence-corrected chi connectivity index (χ1v) is 9.21. The van der Waals surface area contributed by atoms with Gasteiger partial charge in [0.2, 0.25) is 5.88 Å². The van der Waals surface area contributed by atoms with Crippen LogP contribution in [0.2, 0.25) is 5.02 Å². The average molecular weight is 397 g/mol. The number of hydrogen-bond acceptors (Lipinski definition) is 6. The first-order valence-electron chi connectivity index (χ1n) is 8.02. The largest absolute Gasteiger partial charge is 0.475 e. The first-order chi connectivity index (χ1) is 12.2. The highest BCUT2D eigenvalue weighted by Crippen LogP contribution is 2.32. The monoisotopic (exact) mass is 396 g/mol. The zero-order chi connectivity index (χ0) is 19.3. The van der Waals surface area contributed by atoms with Crippen molar-refractivity contribution < 1.29 is 19.1 Å². The number of pyridine rings is 1. The minimum Gasteiger partial charge on any atom is -0.475 e. The second kappa shape index (κ2) is 8.51. The maximum atomic E-state index is 11.5. The van der Waals surface area contributed by atoms with E-state index in [0.717, 1.165) is 10.4 Å². The molecule has 1 amide bonds. The van der Waals surface area contributed by atoms with Crippen LogP contribution in [0.5, 0.6) is 5.88 Å². The number of ether oxygens (including phenoxy) is 2. The molecule has 26 heavy (non-hydrogen) atoms. The Bertz CT molecular complexity index is 799. The minimum atomic E-state index is -0.546. The molecule has 0 bridgehead atoms. The molecule has 0 saturated heterocycles. The number of alkyl carbamates (subject to hydrolysis) is 1. The number of thiophene rings is 1. The van der Waals surface area contributed by atoms with E-state index in [1.807, 2.05) is 6.07 Å². The molecule has 0 atom stereocenters. The molecule has 0 fully saturated rings. The molecular weight excluding hydrogens is 376 g/mol. The zero-order valence-corrected chi connectivity index (χ0v) is 16.7. The molecule has 0 radical (unpaired) electrons.